The van der Waals surface area contributed by atoms with E-state index in [4.69, 9.17) is 0 Å². The molecule has 0 fully saturated rings. The Kier molecular flexibility index (Phi) is 6.36. The van der Waals surface area contributed by atoms with Crippen molar-refractivity contribution in [2.75, 3.05) is 13.1 Å². The molecule has 0 saturated heterocycles. The van der Waals surface area contributed by atoms with Gasteiger partial charge in [-0.2, -0.15) is 0 Å². The predicted octanol–water partition coefficient (Wildman–Crippen LogP) is 2.62. The molecule has 100 valence electrons. The lowest BCUT2D eigenvalue weighted by atomic mass is 10.1. The van der Waals surface area contributed by atoms with Gasteiger partial charge in [0.25, 0.3) is 0 Å². The van der Waals surface area contributed by atoms with Crippen molar-refractivity contribution in [3.8, 4) is 0 Å². The number of benzene rings is 1. The molecule has 0 aliphatic carbocycles. The molecule has 0 aliphatic rings. The van der Waals surface area contributed by atoms with E-state index in [2.05, 4.69) is 65.5 Å². The number of rotatable bonds is 6. The summed E-state index contributed by atoms with van der Waals surface area (Å²) < 4.78 is 1.08. The van der Waals surface area contributed by atoms with Crippen molar-refractivity contribution in [2.45, 2.75) is 27.3 Å². The zero-order chi connectivity index (χ0) is 13.5. The maximum absolute atomic E-state index is 11.5. The maximum atomic E-state index is 11.5. The molecule has 2 N–H and O–H groups in total. The number of nitrogens with one attached hydrogen (secondary N) is 2. The van der Waals surface area contributed by atoms with E-state index < -0.39 is 0 Å². The summed E-state index contributed by atoms with van der Waals surface area (Å²) >= 11 is 3.52. The fourth-order valence-electron chi connectivity index (χ4n) is 1.49. The van der Waals surface area contributed by atoms with Crippen molar-refractivity contribution in [3.63, 3.8) is 0 Å². The largest absolute Gasteiger partial charge is 0.355 e. The highest BCUT2D eigenvalue weighted by Crippen LogP contribution is 2.17. The van der Waals surface area contributed by atoms with Crippen LogP contribution in [-0.4, -0.2) is 19.0 Å². The summed E-state index contributed by atoms with van der Waals surface area (Å²) in [5, 5.41) is 6.02. The summed E-state index contributed by atoms with van der Waals surface area (Å²) in [6.07, 6.45) is 0. The SMILES string of the molecule is Cc1ccc(CNCC(=O)NCC(C)C)c(Br)c1. The fourth-order valence-corrected chi connectivity index (χ4v) is 2.12. The van der Waals surface area contributed by atoms with E-state index in [0.29, 0.717) is 19.0 Å². The summed E-state index contributed by atoms with van der Waals surface area (Å²) in [6, 6.07) is 6.22. The summed E-state index contributed by atoms with van der Waals surface area (Å²) in [4.78, 5) is 11.5. The number of hydrogen-bond acceptors (Lipinski definition) is 2. The molecule has 0 bridgehead atoms. The van der Waals surface area contributed by atoms with Gasteiger partial charge >= 0.3 is 0 Å². The van der Waals surface area contributed by atoms with Crippen LogP contribution in [0.25, 0.3) is 0 Å². The average Bonchev–Trinajstić information content (AvgIpc) is 2.29. The zero-order valence-corrected chi connectivity index (χ0v) is 12.8. The molecular formula is C14H21BrN2O. The predicted molar refractivity (Wildman–Crippen MR) is 78.4 cm³/mol. The molecule has 1 rings (SSSR count). The maximum Gasteiger partial charge on any atom is 0.233 e. The van der Waals surface area contributed by atoms with Crippen molar-refractivity contribution in [3.05, 3.63) is 33.8 Å². The van der Waals surface area contributed by atoms with E-state index in [-0.39, 0.29) is 5.91 Å². The van der Waals surface area contributed by atoms with Crippen molar-refractivity contribution < 1.29 is 4.79 Å². The third kappa shape index (κ3) is 5.65. The minimum atomic E-state index is 0.0481. The number of carbonyl (C=O) groups excluding carboxylic acids is 1. The standard InChI is InChI=1S/C14H21BrN2O/c1-10(2)7-17-14(18)9-16-8-12-5-4-11(3)6-13(12)15/h4-6,10,16H,7-9H2,1-3H3,(H,17,18). The van der Waals surface area contributed by atoms with E-state index in [1.165, 1.54) is 5.56 Å². The first-order valence-electron chi connectivity index (χ1n) is 6.21. The van der Waals surface area contributed by atoms with Gasteiger partial charge in [-0.3, -0.25) is 4.79 Å². The Morgan fingerprint density at radius 3 is 2.72 bits per heavy atom. The Morgan fingerprint density at radius 1 is 1.39 bits per heavy atom. The van der Waals surface area contributed by atoms with Gasteiger partial charge in [-0.25, -0.2) is 0 Å². The Labute approximate surface area is 117 Å². The van der Waals surface area contributed by atoms with Crippen molar-refractivity contribution in [1.82, 2.24) is 10.6 Å². The van der Waals surface area contributed by atoms with Crippen LogP contribution in [-0.2, 0) is 11.3 Å². The summed E-state index contributed by atoms with van der Waals surface area (Å²) in [7, 11) is 0. The highest BCUT2D eigenvalue weighted by Gasteiger charge is 2.03. The first-order chi connectivity index (χ1) is 8.49. The molecule has 1 amide bonds. The third-order valence-electron chi connectivity index (χ3n) is 2.52. The van der Waals surface area contributed by atoms with Crippen LogP contribution in [0, 0.1) is 12.8 Å². The summed E-state index contributed by atoms with van der Waals surface area (Å²) in [5.74, 6) is 0.534. The molecule has 0 spiro atoms. The molecule has 0 radical (unpaired) electrons. The lowest BCUT2D eigenvalue weighted by Crippen LogP contribution is -2.35. The third-order valence-corrected chi connectivity index (χ3v) is 3.26. The number of halogens is 1. The average molecular weight is 313 g/mol. The molecule has 0 atom stereocenters. The first-order valence-corrected chi connectivity index (χ1v) is 7.00. The van der Waals surface area contributed by atoms with Crippen molar-refractivity contribution >= 4 is 21.8 Å². The fraction of sp³-hybridized carbons (Fsp3) is 0.500. The van der Waals surface area contributed by atoms with Gasteiger partial charge in [0.05, 0.1) is 6.54 Å². The van der Waals surface area contributed by atoms with Crippen LogP contribution >= 0.6 is 15.9 Å². The molecule has 0 heterocycles. The second-order valence-corrected chi connectivity index (χ2v) is 5.75. The highest BCUT2D eigenvalue weighted by molar-refractivity contribution is 9.10. The van der Waals surface area contributed by atoms with Gasteiger partial charge in [-0.1, -0.05) is 41.9 Å². The quantitative estimate of drug-likeness (QED) is 0.848. The van der Waals surface area contributed by atoms with Crippen LogP contribution in [0.5, 0.6) is 0 Å². The van der Waals surface area contributed by atoms with Crippen LogP contribution in [0.2, 0.25) is 0 Å². The van der Waals surface area contributed by atoms with E-state index in [1.807, 2.05) is 0 Å². The van der Waals surface area contributed by atoms with Crippen LogP contribution < -0.4 is 10.6 Å². The minimum absolute atomic E-state index is 0.0481. The van der Waals surface area contributed by atoms with Crippen molar-refractivity contribution in [1.29, 1.82) is 0 Å². The normalized spacial score (nSPS) is 10.7. The molecule has 3 nitrogen and oxygen atoms in total. The first kappa shape index (κ1) is 15.2. The summed E-state index contributed by atoms with van der Waals surface area (Å²) in [5.41, 5.74) is 2.39. The number of amides is 1. The molecule has 0 saturated carbocycles. The Morgan fingerprint density at radius 2 is 2.11 bits per heavy atom. The highest BCUT2D eigenvalue weighted by atomic mass is 79.9. The Hall–Kier alpha value is -0.870. The van der Waals surface area contributed by atoms with E-state index in [1.54, 1.807) is 0 Å². The number of carbonyl (C=O) groups is 1. The van der Waals surface area contributed by atoms with Gasteiger partial charge in [-0.05, 0) is 30.0 Å². The topological polar surface area (TPSA) is 41.1 Å². The monoisotopic (exact) mass is 312 g/mol. The smallest absolute Gasteiger partial charge is 0.233 e. The van der Waals surface area contributed by atoms with E-state index in [9.17, 15) is 4.79 Å². The molecule has 0 aliphatic heterocycles. The second-order valence-electron chi connectivity index (χ2n) is 4.90. The van der Waals surface area contributed by atoms with Crippen LogP contribution in [0.4, 0.5) is 0 Å². The van der Waals surface area contributed by atoms with Crippen molar-refractivity contribution in [2.24, 2.45) is 5.92 Å². The van der Waals surface area contributed by atoms with E-state index >= 15 is 0 Å². The van der Waals surface area contributed by atoms with Crippen LogP contribution in [0.1, 0.15) is 25.0 Å². The zero-order valence-electron chi connectivity index (χ0n) is 11.2. The van der Waals surface area contributed by atoms with Gasteiger partial charge in [-0.15, -0.1) is 0 Å². The van der Waals surface area contributed by atoms with Gasteiger partial charge in [0.2, 0.25) is 5.91 Å². The van der Waals surface area contributed by atoms with Crippen LogP contribution in [0.15, 0.2) is 22.7 Å². The Bertz CT molecular complexity index is 405. The molecule has 18 heavy (non-hydrogen) atoms. The van der Waals surface area contributed by atoms with Gasteiger partial charge < -0.3 is 10.6 Å². The molecule has 0 unspecified atom stereocenters. The van der Waals surface area contributed by atoms with Gasteiger partial charge in [0.15, 0.2) is 0 Å². The molecule has 1 aromatic rings. The minimum Gasteiger partial charge on any atom is -0.355 e. The molecule has 4 heteroatoms. The lowest BCUT2D eigenvalue weighted by molar-refractivity contribution is -0.120. The van der Waals surface area contributed by atoms with E-state index in [0.717, 1.165) is 16.6 Å². The number of hydrogen-bond donors (Lipinski definition) is 2. The van der Waals surface area contributed by atoms with Gasteiger partial charge in [0, 0.05) is 17.6 Å². The summed E-state index contributed by atoms with van der Waals surface area (Å²) in [6.45, 7) is 7.99. The number of aryl methyl sites for hydroxylation is 1. The Balaban J connectivity index is 2.31. The lowest BCUT2D eigenvalue weighted by Gasteiger charge is -2.09. The molecule has 0 aromatic heterocycles. The second kappa shape index (κ2) is 7.54. The van der Waals surface area contributed by atoms with Gasteiger partial charge in [0.1, 0.15) is 0 Å². The van der Waals surface area contributed by atoms with Crippen LogP contribution in [0.3, 0.4) is 0 Å². The molecule has 1 aromatic carbocycles. The molecular weight excluding hydrogens is 292 g/mol.